The van der Waals surface area contributed by atoms with Crippen LogP contribution in [0, 0.1) is 0 Å². The van der Waals surface area contributed by atoms with E-state index in [0.717, 1.165) is 6.67 Å². The maximum Gasteiger partial charge on any atom is 0.0867 e. The van der Waals surface area contributed by atoms with E-state index in [-0.39, 0.29) is 0 Å². The molecule has 1 N–H and O–H groups in total. The van der Waals surface area contributed by atoms with Crippen molar-refractivity contribution in [3.63, 3.8) is 0 Å². The molecule has 0 saturated heterocycles. The molecule has 2 heteroatoms. The average molecular weight is 142 g/mol. The van der Waals surface area contributed by atoms with Crippen molar-refractivity contribution in [3.8, 4) is 0 Å². The zero-order chi connectivity index (χ0) is 7.82. The van der Waals surface area contributed by atoms with E-state index in [1.807, 2.05) is 20.0 Å². The van der Waals surface area contributed by atoms with Gasteiger partial charge in [0.25, 0.3) is 0 Å². The van der Waals surface area contributed by atoms with Crippen LogP contribution in [-0.2, 0) is 0 Å². The molecule has 0 radical (unpaired) electrons. The van der Waals surface area contributed by atoms with Gasteiger partial charge in [-0.15, -0.1) is 0 Å². The molecule has 0 fully saturated rings. The predicted octanol–water partition coefficient (Wildman–Crippen LogP) is 1.76. The molecule has 1 aliphatic rings. The van der Waals surface area contributed by atoms with Crippen LogP contribution in [0.2, 0.25) is 0 Å². The number of hydrogen-bond donors (Lipinski definition) is 1. The Bertz CT molecular complexity index is 89.3. The van der Waals surface area contributed by atoms with Crippen molar-refractivity contribution in [2.24, 2.45) is 0 Å². The fourth-order valence-electron chi connectivity index (χ4n) is 0.822. The van der Waals surface area contributed by atoms with E-state index >= 15 is 0 Å². The molecule has 60 valence electrons. The second-order valence-corrected chi connectivity index (χ2v) is 1.99. The average Bonchev–Trinajstić information content (AvgIpc) is 2.46. The van der Waals surface area contributed by atoms with Crippen LogP contribution in [0.3, 0.4) is 0 Å². The van der Waals surface area contributed by atoms with Crippen molar-refractivity contribution in [2.45, 2.75) is 27.2 Å². The Hall–Kier alpha value is -0.660. The second kappa shape index (κ2) is 6.46. The summed E-state index contributed by atoms with van der Waals surface area (Å²) in [6, 6.07) is 0. The van der Waals surface area contributed by atoms with Crippen molar-refractivity contribution in [2.75, 3.05) is 13.2 Å². The first-order valence-electron chi connectivity index (χ1n) is 4.07. The lowest BCUT2D eigenvalue weighted by Crippen LogP contribution is -2.20. The molecule has 0 aromatic heterocycles. The van der Waals surface area contributed by atoms with Gasteiger partial charge in [0.2, 0.25) is 0 Å². The Balaban J connectivity index is 0.000000371. The summed E-state index contributed by atoms with van der Waals surface area (Å²) in [7, 11) is 0. The highest BCUT2D eigenvalue weighted by molar-refractivity contribution is 4.86. The van der Waals surface area contributed by atoms with Crippen LogP contribution in [-0.4, -0.2) is 18.1 Å². The fourth-order valence-corrected chi connectivity index (χ4v) is 0.822. The normalized spacial score (nSPS) is 14.1. The molecule has 10 heavy (non-hydrogen) atoms. The number of hydrogen-bond acceptors (Lipinski definition) is 2. The van der Waals surface area contributed by atoms with Crippen LogP contribution in [0.5, 0.6) is 0 Å². The molecular formula is C8H18N2. The topological polar surface area (TPSA) is 15.3 Å². The first kappa shape index (κ1) is 9.34. The summed E-state index contributed by atoms with van der Waals surface area (Å²) >= 11 is 0. The lowest BCUT2D eigenvalue weighted by atomic mass is 10.4. The van der Waals surface area contributed by atoms with Crippen molar-refractivity contribution >= 4 is 0 Å². The molecule has 0 aromatic rings. The monoisotopic (exact) mass is 142 g/mol. The molecule has 0 unspecified atom stereocenters. The Kier molecular flexibility index (Phi) is 6.03. The van der Waals surface area contributed by atoms with Gasteiger partial charge >= 0.3 is 0 Å². The van der Waals surface area contributed by atoms with E-state index in [0.29, 0.717) is 0 Å². The predicted molar refractivity (Wildman–Crippen MR) is 45.5 cm³/mol. The number of rotatable bonds is 2. The maximum absolute atomic E-state index is 3.10. The minimum Gasteiger partial charge on any atom is -0.373 e. The molecule has 0 aromatic carbocycles. The summed E-state index contributed by atoms with van der Waals surface area (Å²) in [5.74, 6) is 0. The standard InChI is InChI=1S/C6H12N2.C2H6/c1-2-4-8-5-3-7-6-8;1-2/h3,5,7H,2,4,6H2,1H3;1-2H3. The lowest BCUT2D eigenvalue weighted by molar-refractivity contribution is 0.391. The largest absolute Gasteiger partial charge is 0.373 e. The van der Waals surface area contributed by atoms with Gasteiger partial charge in [-0.3, -0.25) is 0 Å². The molecule has 0 bridgehead atoms. The van der Waals surface area contributed by atoms with Crippen LogP contribution < -0.4 is 5.32 Å². The summed E-state index contributed by atoms with van der Waals surface area (Å²) in [4.78, 5) is 2.25. The molecule has 1 heterocycles. The van der Waals surface area contributed by atoms with Gasteiger partial charge in [-0.25, -0.2) is 0 Å². The van der Waals surface area contributed by atoms with Gasteiger partial charge in [0, 0.05) is 18.9 Å². The van der Waals surface area contributed by atoms with Gasteiger partial charge in [-0.1, -0.05) is 20.8 Å². The van der Waals surface area contributed by atoms with Crippen molar-refractivity contribution in [1.82, 2.24) is 10.2 Å². The summed E-state index contributed by atoms with van der Waals surface area (Å²) in [6.07, 6.45) is 5.30. The molecule has 0 atom stereocenters. The zero-order valence-corrected chi connectivity index (χ0v) is 7.22. The van der Waals surface area contributed by atoms with Gasteiger partial charge in [0.15, 0.2) is 0 Å². The third kappa shape index (κ3) is 3.38. The SMILES string of the molecule is CC.CCCN1C=CNC1. The maximum atomic E-state index is 3.10. The highest BCUT2D eigenvalue weighted by atomic mass is 15.2. The smallest absolute Gasteiger partial charge is 0.0867 e. The molecule has 0 amide bonds. The van der Waals surface area contributed by atoms with Gasteiger partial charge in [0.05, 0.1) is 6.67 Å². The Morgan fingerprint density at radius 2 is 2.20 bits per heavy atom. The Morgan fingerprint density at radius 3 is 2.60 bits per heavy atom. The molecule has 0 aliphatic carbocycles. The third-order valence-electron chi connectivity index (χ3n) is 1.21. The quantitative estimate of drug-likeness (QED) is 0.632. The molecule has 0 spiro atoms. The van der Waals surface area contributed by atoms with Crippen molar-refractivity contribution < 1.29 is 0 Å². The van der Waals surface area contributed by atoms with Gasteiger partial charge in [-0.2, -0.15) is 0 Å². The molecule has 0 saturated carbocycles. The van der Waals surface area contributed by atoms with E-state index < -0.39 is 0 Å². The van der Waals surface area contributed by atoms with E-state index in [9.17, 15) is 0 Å². The van der Waals surface area contributed by atoms with E-state index in [1.165, 1.54) is 13.0 Å². The van der Waals surface area contributed by atoms with Gasteiger partial charge in [0.1, 0.15) is 0 Å². The number of nitrogens with one attached hydrogen (secondary N) is 1. The van der Waals surface area contributed by atoms with E-state index in [4.69, 9.17) is 0 Å². The Labute approximate surface area is 63.9 Å². The lowest BCUT2D eigenvalue weighted by Gasteiger charge is -2.11. The zero-order valence-electron chi connectivity index (χ0n) is 7.22. The highest BCUT2D eigenvalue weighted by Crippen LogP contribution is 1.94. The minimum absolute atomic E-state index is 0.994. The van der Waals surface area contributed by atoms with E-state index in [2.05, 4.69) is 23.3 Å². The third-order valence-corrected chi connectivity index (χ3v) is 1.21. The van der Waals surface area contributed by atoms with Crippen molar-refractivity contribution in [1.29, 1.82) is 0 Å². The summed E-state index contributed by atoms with van der Waals surface area (Å²) in [6.45, 7) is 8.35. The van der Waals surface area contributed by atoms with Crippen molar-refractivity contribution in [3.05, 3.63) is 12.4 Å². The van der Waals surface area contributed by atoms with Crippen LogP contribution in [0.15, 0.2) is 12.4 Å². The number of nitrogens with zero attached hydrogens (tertiary/aromatic N) is 1. The summed E-state index contributed by atoms with van der Waals surface area (Å²) in [5, 5.41) is 3.10. The molecule has 1 rings (SSSR count). The summed E-state index contributed by atoms with van der Waals surface area (Å²) in [5.41, 5.74) is 0. The van der Waals surface area contributed by atoms with Crippen LogP contribution in [0.1, 0.15) is 27.2 Å². The second-order valence-electron chi connectivity index (χ2n) is 1.99. The van der Waals surface area contributed by atoms with Crippen LogP contribution >= 0.6 is 0 Å². The minimum atomic E-state index is 0.994. The molecule has 2 nitrogen and oxygen atoms in total. The first-order chi connectivity index (χ1) is 4.93. The summed E-state index contributed by atoms with van der Waals surface area (Å²) < 4.78 is 0. The van der Waals surface area contributed by atoms with Gasteiger partial charge < -0.3 is 10.2 Å². The van der Waals surface area contributed by atoms with Crippen LogP contribution in [0.25, 0.3) is 0 Å². The van der Waals surface area contributed by atoms with Gasteiger partial charge in [-0.05, 0) is 6.42 Å². The first-order valence-corrected chi connectivity index (χ1v) is 4.07. The van der Waals surface area contributed by atoms with Crippen LogP contribution in [0.4, 0.5) is 0 Å². The molecular weight excluding hydrogens is 124 g/mol. The molecule has 1 aliphatic heterocycles. The highest BCUT2D eigenvalue weighted by Gasteiger charge is 1.98. The Morgan fingerprint density at radius 1 is 1.50 bits per heavy atom. The fraction of sp³-hybridized carbons (Fsp3) is 0.750. The van der Waals surface area contributed by atoms with E-state index in [1.54, 1.807) is 0 Å².